The van der Waals surface area contributed by atoms with Crippen LogP contribution in [0.2, 0.25) is 0 Å². The Morgan fingerprint density at radius 1 is 1.50 bits per heavy atom. The summed E-state index contributed by atoms with van der Waals surface area (Å²) in [6.07, 6.45) is -1.66. The molecule has 0 N–H and O–H groups in total. The zero-order valence-electron chi connectivity index (χ0n) is 7.11. The van der Waals surface area contributed by atoms with Gasteiger partial charge in [-0.25, -0.2) is 13.4 Å². The molecule has 8 heteroatoms. The number of sulfone groups is 1. The Bertz CT molecular complexity index is 421. The number of halogens is 3. The monoisotopic (exact) mass is 228 g/mol. The molecule has 0 unspecified atom stereocenters. The number of aromatic nitrogens is 2. The third-order valence-electron chi connectivity index (χ3n) is 1.36. The highest BCUT2D eigenvalue weighted by Gasteiger charge is 2.30. The van der Waals surface area contributed by atoms with Crippen LogP contribution < -0.4 is 0 Å². The van der Waals surface area contributed by atoms with Crippen LogP contribution in [0.4, 0.5) is 13.2 Å². The molecule has 0 bridgehead atoms. The highest BCUT2D eigenvalue weighted by atomic mass is 32.2. The molecule has 0 spiro atoms. The van der Waals surface area contributed by atoms with Crippen LogP contribution in [0.25, 0.3) is 0 Å². The van der Waals surface area contributed by atoms with Crippen molar-refractivity contribution in [3.8, 4) is 0 Å². The van der Waals surface area contributed by atoms with Crippen molar-refractivity contribution in [1.29, 1.82) is 0 Å². The van der Waals surface area contributed by atoms with Crippen molar-refractivity contribution in [3.63, 3.8) is 0 Å². The van der Waals surface area contributed by atoms with Gasteiger partial charge in [0.1, 0.15) is 6.54 Å². The summed E-state index contributed by atoms with van der Waals surface area (Å²) in [5, 5.41) is -0.574. The molecule has 0 aromatic carbocycles. The van der Waals surface area contributed by atoms with Gasteiger partial charge < -0.3 is 4.57 Å². The van der Waals surface area contributed by atoms with Gasteiger partial charge >= 0.3 is 6.18 Å². The van der Waals surface area contributed by atoms with Gasteiger partial charge in [0.15, 0.2) is 0 Å². The Balaban J connectivity index is 3.07. The first-order valence-corrected chi connectivity index (χ1v) is 5.37. The molecule has 80 valence electrons. The van der Waals surface area contributed by atoms with Crippen molar-refractivity contribution in [2.75, 3.05) is 6.26 Å². The smallest absolute Gasteiger partial charge is 0.313 e. The number of hydrogen-bond acceptors (Lipinski definition) is 3. The summed E-state index contributed by atoms with van der Waals surface area (Å²) in [6, 6.07) is 0. The second-order valence-corrected chi connectivity index (χ2v) is 4.63. The molecular formula is C6H7F3N2O2S. The molecule has 0 saturated carbocycles. The van der Waals surface area contributed by atoms with Crippen molar-refractivity contribution in [2.24, 2.45) is 0 Å². The van der Waals surface area contributed by atoms with Crippen molar-refractivity contribution in [1.82, 2.24) is 9.55 Å². The largest absolute Gasteiger partial charge is 0.406 e. The van der Waals surface area contributed by atoms with E-state index in [1.807, 2.05) is 0 Å². The lowest BCUT2D eigenvalue weighted by Gasteiger charge is -2.08. The number of rotatable bonds is 2. The molecule has 1 aromatic heterocycles. The molecule has 0 radical (unpaired) electrons. The van der Waals surface area contributed by atoms with Crippen molar-refractivity contribution in [3.05, 3.63) is 12.4 Å². The number of nitrogens with zero attached hydrogens (tertiary/aromatic N) is 2. The molecule has 0 amide bonds. The summed E-state index contributed by atoms with van der Waals surface area (Å²) in [4.78, 5) is 3.35. The first-order chi connectivity index (χ1) is 6.20. The maximum Gasteiger partial charge on any atom is 0.406 e. The predicted octanol–water partition coefficient (Wildman–Crippen LogP) is 0.849. The van der Waals surface area contributed by atoms with Crippen LogP contribution in [0, 0.1) is 0 Å². The average Bonchev–Trinajstić information content (AvgIpc) is 2.29. The number of alkyl halides is 3. The maximum atomic E-state index is 11.9. The topological polar surface area (TPSA) is 52.0 Å². The van der Waals surface area contributed by atoms with Crippen LogP contribution in [0.3, 0.4) is 0 Å². The van der Waals surface area contributed by atoms with E-state index in [1.54, 1.807) is 0 Å². The first kappa shape index (κ1) is 11.0. The highest BCUT2D eigenvalue weighted by molar-refractivity contribution is 7.90. The standard InChI is InChI=1S/C6H7F3N2O2S/c1-14(12,13)5-10-2-3-11(5)4-6(7,8)9/h2-3H,4H2,1H3. The summed E-state index contributed by atoms with van der Waals surface area (Å²) in [5.41, 5.74) is 0. The Hall–Kier alpha value is -1.05. The van der Waals surface area contributed by atoms with E-state index in [2.05, 4.69) is 4.98 Å². The van der Waals surface area contributed by atoms with E-state index in [0.717, 1.165) is 18.6 Å². The Morgan fingerprint density at radius 3 is 2.50 bits per heavy atom. The molecule has 0 fully saturated rings. The summed E-state index contributed by atoms with van der Waals surface area (Å²) in [5.74, 6) is 0. The maximum absolute atomic E-state index is 11.9. The summed E-state index contributed by atoms with van der Waals surface area (Å²) in [6.45, 7) is -1.35. The van der Waals surface area contributed by atoms with Crippen LogP contribution in [0.1, 0.15) is 0 Å². The van der Waals surface area contributed by atoms with E-state index in [0.29, 0.717) is 4.57 Å². The summed E-state index contributed by atoms with van der Waals surface area (Å²) in [7, 11) is -3.71. The van der Waals surface area contributed by atoms with Crippen LogP contribution in [-0.4, -0.2) is 30.4 Å². The minimum absolute atomic E-state index is 0.551. The zero-order chi connectivity index (χ0) is 11.0. The van der Waals surface area contributed by atoms with E-state index >= 15 is 0 Å². The van der Waals surface area contributed by atoms with E-state index in [4.69, 9.17) is 0 Å². The molecule has 0 aliphatic carbocycles. The molecular weight excluding hydrogens is 221 g/mol. The van der Waals surface area contributed by atoms with Crippen LogP contribution in [0.15, 0.2) is 17.6 Å². The summed E-state index contributed by atoms with van der Waals surface area (Å²) >= 11 is 0. The minimum Gasteiger partial charge on any atom is -0.313 e. The molecule has 4 nitrogen and oxygen atoms in total. The first-order valence-electron chi connectivity index (χ1n) is 3.48. The zero-order valence-corrected chi connectivity index (χ0v) is 7.93. The highest BCUT2D eigenvalue weighted by Crippen LogP contribution is 2.19. The Labute approximate surface area is 78.3 Å². The van der Waals surface area contributed by atoms with Crippen molar-refractivity contribution >= 4 is 9.84 Å². The predicted molar refractivity (Wildman–Crippen MR) is 41.4 cm³/mol. The molecule has 0 aliphatic heterocycles. The number of hydrogen-bond donors (Lipinski definition) is 0. The molecule has 1 rings (SSSR count). The van der Waals surface area contributed by atoms with Gasteiger partial charge in [-0.1, -0.05) is 0 Å². The fraction of sp³-hybridized carbons (Fsp3) is 0.500. The minimum atomic E-state index is -4.46. The van der Waals surface area contributed by atoms with Gasteiger partial charge in [0.25, 0.3) is 0 Å². The van der Waals surface area contributed by atoms with Crippen LogP contribution >= 0.6 is 0 Å². The molecule has 1 aromatic rings. The Kier molecular flexibility index (Phi) is 2.57. The van der Waals surface area contributed by atoms with Crippen molar-refractivity contribution < 1.29 is 21.6 Å². The average molecular weight is 228 g/mol. The third kappa shape index (κ3) is 2.72. The molecule has 14 heavy (non-hydrogen) atoms. The van der Waals surface area contributed by atoms with E-state index in [-0.39, 0.29) is 0 Å². The molecule has 0 atom stereocenters. The van der Waals surface area contributed by atoms with Gasteiger partial charge in [-0.15, -0.1) is 0 Å². The lowest BCUT2D eigenvalue weighted by Crippen LogP contribution is -2.20. The lowest BCUT2D eigenvalue weighted by molar-refractivity contribution is -0.142. The van der Waals surface area contributed by atoms with Gasteiger partial charge in [0.2, 0.25) is 15.0 Å². The quantitative estimate of drug-likeness (QED) is 0.754. The molecule has 0 saturated heterocycles. The van der Waals surface area contributed by atoms with Crippen LogP contribution in [0.5, 0.6) is 0 Å². The van der Waals surface area contributed by atoms with Crippen LogP contribution in [-0.2, 0) is 16.4 Å². The van der Waals surface area contributed by atoms with E-state index in [9.17, 15) is 21.6 Å². The fourth-order valence-electron chi connectivity index (χ4n) is 0.938. The summed E-state index contributed by atoms with van der Waals surface area (Å²) < 4.78 is 58.3. The van der Waals surface area contributed by atoms with Gasteiger partial charge in [0.05, 0.1) is 0 Å². The van der Waals surface area contributed by atoms with Crippen molar-refractivity contribution in [2.45, 2.75) is 17.9 Å². The van der Waals surface area contributed by atoms with Gasteiger partial charge in [-0.05, 0) is 0 Å². The van der Waals surface area contributed by atoms with E-state index in [1.165, 1.54) is 0 Å². The second kappa shape index (κ2) is 3.26. The number of imidazole rings is 1. The third-order valence-corrected chi connectivity index (χ3v) is 2.36. The molecule has 0 aliphatic rings. The van der Waals surface area contributed by atoms with Gasteiger partial charge in [-0.2, -0.15) is 13.2 Å². The lowest BCUT2D eigenvalue weighted by atomic mass is 10.6. The van der Waals surface area contributed by atoms with E-state index < -0.39 is 27.7 Å². The van der Waals surface area contributed by atoms with Gasteiger partial charge in [0, 0.05) is 18.6 Å². The molecule has 1 heterocycles. The fourth-order valence-corrected chi connectivity index (χ4v) is 1.74. The second-order valence-electron chi connectivity index (χ2n) is 2.73. The van der Waals surface area contributed by atoms with Gasteiger partial charge in [-0.3, -0.25) is 0 Å². The SMILES string of the molecule is CS(=O)(=O)c1nccn1CC(F)(F)F. The normalized spacial score (nSPS) is 13.1. The Morgan fingerprint density at radius 2 is 2.07 bits per heavy atom.